The predicted octanol–water partition coefficient (Wildman–Crippen LogP) is 1.76. The lowest BCUT2D eigenvalue weighted by atomic mass is 9.90. The molecule has 0 spiro atoms. The Kier molecular flexibility index (Phi) is 3.73. The van der Waals surface area contributed by atoms with Gasteiger partial charge in [-0.3, -0.25) is 0 Å². The first kappa shape index (κ1) is 12.9. The second kappa shape index (κ2) is 5.49. The van der Waals surface area contributed by atoms with Crippen LogP contribution >= 0.6 is 0 Å². The summed E-state index contributed by atoms with van der Waals surface area (Å²) in [6.45, 7) is 7.00. The Morgan fingerprint density at radius 1 is 1.37 bits per heavy atom. The molecule has 2 fully saturated rings. The Morgan fingerprint density at radius 3 is 2.89 bits per heavy atom. The van der Waals surface area contributed by atoms with Crippen molar-refractivity contribution in [3.8, 4) is 5.75 Å². The highest BCUT2D eigenvalue weighted by Crippen LogP contribution is 2.32. The Labute approximate surface area is 114 Å². The predicted molar refractivity (Wildman–Crippen MR) is 72.4 cm³/mol. The van der Waals surface area contributed by atoms with E-state index in [1.807, 2.05) is 18.2 Å². The minimum atomic E-state index is 0.0930. The number of morpholine rings is 1. The van der Waals surface area contributed by atoms with E-state index in [0.717, 1.165) is 44.2 Å². The quantitative estimate of drug-likeness (QED) is 0.898. The van der Waals surface area contributed by atoms with E-state index in [0.29, 0.717) is 6.61 Å². The van der Waals surface area contributed by atoms with Crippen LogP contribution in [0.5, 0.6) is 5.75 Å². The molecule has 1 atom stereocenters. The van der Waals surface area contributed by atoms with E-state index >= 15 is 0 Å². The molecule has 4 nitrogen and oxygen atoms in total. The molecule has 2 saturated heterocycles. The summed E-state index contributed by atoms with van der Waals surface area (Å²) in [7, 11) is 0. The summed E-state index contributed by atoms with van der Waals surface area (Å²) in [4.78, 5) is 0. The third kappa shape index (κ3) is 2.91. The van der Waals surface area contributed by atoms with Crippen LogP contribution < -0.4 is 10.1 Å². The van der Waals surface area contributed by atoms with Crippen molar-refractivity contribution in [2.75, 3.05) is 39.5 Å². The smallest absolute Gasteiger partial charge is 0.125 e. The van der Waals surface area contributed by atoms with Gasteiger partial charge in [-0.1, -0.05) is 25.1 Å². The zero-order chi connectivity index (χ0) is 13.1. The molecule has 2 aliphatic rings. The van der Waals surface area contributed by atoms with Crippen LogP contribution in [0, 0.1) is 5.41 Å². The van der Waals surface area contributed by atoms with Crippen molar-refractivity contribution in [2.45, 2.75) is 13.0 Å². The molecule has 1 unspecified atom stereocenters. The van der Waals surface area contributed by atoms with Gasteiger partial charge in [0.25, 0.3) is 0 Å². The van der Waals surface area contributed by atoms with Gasteiger partial charge >= 0.3 is 0 Å². The lowest BCUT2D eigenvalue weighted by molar-refractivity contribution is -0.120. The molecule has 19 heavy (non-hydrogen) atoms. The van der Waals surface area contributed by atoms with Crippen molar-refractivity contribution in [3.05, 3.63) is 29.8 Å². The molecule has 1 aromatic carbocycles. The van der Waals surface area contributed by atoms with Crippen LogP contribution in [0.2, 0.25) is 0 Å². The first-order chi connectivity index (χ1) is 9.27. The van der Waals surface area contributed by atoms with Gasteiger partial charge in [0, 0.05) is 24.1 Å². The van der Waals surface area contributed by atoms with E-state index in [1.165, 1.54) is 0 Å². The fourth-order valence-electron chi connectivity index (χ4n) is 2.43. The molecule has 1 N–H and O–H groups in total. The summed E-state index contributed by atoms with van der Waals surface area (Å²) in [5.41, 5.74) is 1.30. The molecule has 0 amide bonds. The number of ether oxygens (including phenoxy) is 3. The van der Waals surface area contributed by atoms with Crippen molar-refractivity contribution in [2.24, 2.45) is 5.41 Å². The van der Waals surface area contributed by atoms with Crippen molar-refractivity contribution in [1.82, 2.24) is 5.32 Å². The van der Waals surface area contributed by atoms with Gasteiger partial charge in [0.1, 0.15) is 5.75 Å². The van der Waals surface area contributed by atoms with Crippen LogP contribution in [0.4, 0.5) is 0 Å². The van der Waals surface area contributed by atoms with Gasteiger partial charge < -0.3 is 19.5 Å². The molecule has 0 saturated carbocycles. The minimum Gasteiger partial charge on any atom is -0.492 e. The molecule has 3 rings (SSSR count). The molecule has 0 radical (unpaired) electrons. The standard InChI is InChI=1S/C15H21NO3/c1-15(9-17-10-15)11-19-13-5-3-2-4-12(13)14-8-16-6-7-18-14/h2-5,14,16H,6-11H2,1H3. The van der Waals surface area contributed by atoms with Crippen LogP contribution in [0.3, 0.4) is 0 Å². The number of para-hydroxylation sites is 1. The van der Waals surface area contributed by atoms with E-state index in [1.54, 1.807) is 0 Å². The molecule has 2 heterocycles. The first-order valence-corrected chi connectivity index (χ1v) is 6.89. The van der Waals surface area contributed by atoms with Crippen molar-refractivity contribution in [1.29, 1.82) is 0 Å². The normalized spacial score (nSPS) is 25.6. The molecule has 1 aromatic rings. The Balaban J connectivity index is 1.69. The molecular weight excluding hydrogens is 242 g/mol. The molecular formula is C15H21NO3. The summed E-state index contributed by atoms with van der Waals surface area (Å²) >= 11 is 0. The maximum absolute atomic E-state index is 6.01. The van der Waals surface area contributed by atoms with E-state index in [9.17, 15) is 0 Å². The summed E-state index contributed by atoms with van der Waals surface area (Å²) in [5.74, 6) is 0.935. The fourth-order valence-corrected chi connectivity index (χ4v) is 2.43. The second-order valence-corrected chi connectivity index (χ2v) is 5.69. The van der Waals surface area contributed by atoms with Crippen molar-refractivity contribution in [3.63, 3.8) is 0 Å². The largest absolute Gasteiger partial charge is 0.492 e. The van der Waals surface area contributed by atoms with Gasteiger partial charge in [-0.05, 0) is 6.07 Å². The Morgan fingerprint density at radius 2 is 2.21 bits per heavy atom. The Hall–Kier alpha value is -1.10. The first-order valence-electron chi connectivity index (χ1n) is 6.89. The van der Waals surface area contributed by atoms with E-state index in [2.05, 4.69) is 18.3 Å². The van der Waals surface area contributed by atoms with E-state index in [4.69, 9.17) is 14.2 Å². The molecule has 0 aromatic heterocycles. The lowest BCUT2D eigenvalue weighted by Gasteiger charge is -2.37. The number of benzene rings is 1. The van der Waals surface area contributed by atoms with Gasteiger partial charge in [0.2, 0.25) is 0 Å². The molecule has 4 heteroatoms. The highest BCUT2D eigenvalue weighted by Gasteiger charge is 2.34. The number of hydrogen-bond acceptors (Lipinski definition) is 4. The van der Waals surface area contributed by atoms with Gasteiger partial charge in [0.15, 0.2) is 0 Å². The van der Waals surface area contributed by atoms with Crippen LogP contribution in [-0.4, -0.2) is 39.5 Å². The van der Waals surface area contributed by atoms with Crippen molar-refractivity contribution < 1.29 is 14.2 Å². The van der Waals surface area contributed by atoms with E-state index in [-0.39, 0.29) is 11.5 Å². The average Bonchev–Trinajstić information content (AvgIpc) is 2.44. The average molecular weight is 263 g/mol. The van der Waals surface area contributed by atoms with E-state index < -0.39 is 0 Å². The van der Waals surface area contributed by atoms with Crippen LogP contribution in [0.25, 0.3) is 0 Å². The van der Waals surface area contributed by atoms with Gasteiger partial charge in [-0.25, -0.2) is 0 Å². The van der Waals surface area contributed by atoms with Crippen LogP contribution in [0.15, 0.2) is 24.3 Å². The second-order valence-electron chi connectivity index (χ2n) is 5.69. The summed E-state index contributed by atoms with van der Waals surface area (Å²) in [6, 6.07) is 8.16. The highest BCUT2D eigenvalue weighted by atomic mass is 16.5. The highest BCUT2D eigenvalue weighted by molar-refractivity contribution is 5.35. The summed E-state index contributed by atoms with van der Waals surface area (Å²) in [5, 5.41) is 3.35. The van der Waals surface area contributed by atoms with Gasteiger partial charge in [0.05, 0.1) is 32.5 Å². The number of rotatable bonds is 4. The SMILES string of the molecule is CC1(COc2ccccc2C2CNCCO2)COC1. The van der Waals surface area contributed by atoms with Crippen LogP contribution in [0.1, 0.15) is 18.6 Å². The van der Waals surface area contributed by atoms with Crippen molar-refractivity contribution >= 4 is 0 Å². The number of nitrogens with one attached hydrogen (secondary N) is 1. The third-order valence-electron chi connectivity index (χ3n) is 3.67. The molecule has 104 valence electrons. The zero-order valence-corrected chi connectivity index (χ0v) is 11.4. The molecule has 0 bridgehead atoms. The van der Waals surface area contributed by atoms with Gasteiger partial charge in [-0.15, -0.1) is 0 Å². The molecule has 2 aliphatic heterocycles. The maximum Gasteiger partial charge on any atom is 0.125 e. The topological polar surface area (TPSA) is 39.7 Å². The lowest BCUT2D eigenvalue weighted by Crippen LogP contribution is -2.44. The van der Waals surface area contributed by atoms with Gasteiger partial charge in [-0.2, -0.15) is 0 Å². The minimum absolute atomic E-state index is 0.0930. The maximum atomic E-state index is 6.01. The summed E-state index contributed by atoms with van der Waals surface area (Å²) < 4.78 is 17.1. The Bertz CT molecular complexity index is 425. The number of hydrogen-bond donors (Lipinski definition) is 1. The summed E-state index contributed by atoms with van der Waals surface area (Å²) in [6.07, 6.45) is 0.0930. The fraction of sp³-hybridized carbons (Fsp3) is 0.600. The van der Waals surface area contributed by atoms with Crippen LogP contribution in [-0.2, 0) is 9.47 Å². The zero-order valence-electron chi connectivity index (χ0n) is 11.4. The monoisotopic (exact) mass is 263 g/mol. The molecule has 0 aliphatic carbocycles. The third-order valence-corrected chi connectivity index (χ3v) is 3.67.